The number of carbonyl (C=O) groups excluding carboxylic acids is 2. The van der Waals surface area contributed by atoms with Crippen molar-refractivity contribution in [2.24, 2.45) is 5.92 Å². The summed E-state index contributed by atoms with van der Waals surface area (Å²) in [5, 5.41) is 14.5. The number of ether oxygens (including phenoxy) is 3. The fourth-order valence-corrected chi connectivity index (χ4v) is 6.11. The third kappa shape index (κ3) is 7.79. The number of anilines is 1. The molecule has 0 aromatic heterocycles. The Morgan fingerprint density at radius 3 is 2.61 bits per heavy atom. The van der Waals surface area contributed by atoms with E-state index in [2.05, 4.69) is 23.5 Å². The second-order valence-electron chi connectivity index (χ2n) is 10.9. The zero-order valence-corrected chi connectivity index (χ0v) is 25.3. The van der Waals surface area contributed by atoms with E-state index in [1.54, 1.807) is 0 Å². The molecule has 2 aliphatic rings. The number of amides is 2. The van der Waals surface area contributed by atoms with Gasteiger partial charge in [-0.2, -0.15) is 0 Å². The van der Waals surface area contributed by atoms with Gasteiger partial charge in [0.2, 0.25) is 6.79 Å². The molecule has 44 heavy (non-hydrogen) atoms. The summed E-state index contributed by atoms with van der Waals surface area (Å²) < 4.78 is 46.1. The van der Waals surface area contributed by atoms with Gasteiger partial charge in [-0.25, -0.2) is 17.9 Å². The molecule has 234 valence electrons. The maximum atomic E-state index is 14.4. The molecule has 2 amide bonds. The summed E-state index contributed by atoms with van der Waals surface area (Å²) in [6, 6.07) is 17.2. The number of halogens is 2. The molecule has 1 fully saturated rings. The number of benzene rings is 3. The Hall–Kier alpha value is -3.87. The van der Waals surface area contributed by atoms with E-state index in [1.807, 2.05) is 48.5 Å². The number of hydrogen-bond acceptors (Lipinski definition) is 8. The van der Waals surface area contributed by atoms with Crippen LogP contribution in [0.15, 0.2) is 71.6 Å². The van der Waals surface area contributed by atoms with Crippen LogP contribution in [0, 0.1) is 17.6 Å². The van der Waals surface area contributed by atoms with Gasteiger partial charge in [-0.15, -0.1) is 0 Å². The van der Waals surface area contributed by atoms with E-state index in [-0.39, 0.29) is 25.6 Å². The van der Waals surface area contributed by atoms with Crippen molar-refractivity contribution in [2.45, 2.75) is 49.8 Å². The highest BCUT2D eigenvalue weighted by Crippen LogP contribution is 2.37. The number of fused-ring (bicyclic) bond motifs is 1. The summed E-state index contributed by atoms with van der Waals surface area (Å²) in [7, 11) is 0. The first kappa shape index (κ1) is 31.6. The van der Waals surface area contributed by atoms with Gasteiger partial charge in [-0.05, 0) is 60.2 Å². The summed E-state index contributed by atoms with van der Waals surface area (Å²) in [6.45, 7) is 5.05. The lowest BCUT2D eigenvalue weighted by Crippen LogP contribution is -2.52. The average molecular weight is 628 g/mol. The van der Waals surface area contributed by atoms with E-state index in [9.17, 15) is 23.5 Å². The quantitative estimate of drug-likeness (QED) is 0.251. The second kappa shape index (κ2) is 14.3. The Labute approximate surface area is 259 Å². The standard InChI is InChI=1S/C32H35F2N3O6S/c1-3-20(2)16-36(44-23-10-12-28-29(15-23)42-19-41-28)17-27(38)25(13-21-7-5-4-6-8-21)35-31(39)30-18-37(32(40)43-30)26-11-9-22(33)14-24(26)34/h4-12,14-15,20,25,27,30,38H,3,13,16-19H2,1-2H3,(H,35,39). The van der Waals surface area contributed by atoms with Crippen molar-refractivity contribution in [3.8, 4) is 11.5 Å². The van der Waals surface area contributed by atoms with Gasteiger partial charge in [-0.3, -0.25) is 9.69 Å². The van der Waals surface area contributed by atoms with Gasteiger partial charge in [-0.1, -0.05) is 50.6 Å². The van der Waals surface area contributed by atoms with Crippen LogP contribution in [0.1, 0.15) is 25.8 Å². The van der Waals surface area contributed by atoms with Crippen molar-refractivity contribution < 1.29 is 37.7 Å². The van der Waals surface area contributed by atoms with Crippen molar-refractivity contribution in [2.75, 3.05) is 31.3 Å². The molecule has 9 nitrogen and oxygen atoms in total. The van der Waals surface area contributed by atoms with E-state index in [0.717, 1.165) is 33.9 Å². The lowest BCUT2D eigenvalue weighted by molar-refractivity contribution is -0.129. The molecule has 5 rings (SSSR count). The molecule has 0 aliphatic carbocycles. The van der Waals surface area contributed by atoms with Crippen molar-refractivity contribution in [3.63, 3.8) is 0 Å². The summed E-state index contributed by atoms with van der Waals surface area (Å²) in [5.74, 6) is -0.677. The number of rotatable bonds is 13. The zero-order chi connectivity index (χ0) is 31.2. The van der Waals surface area contributed by atoms with Gasteiger partial charge in [0, 0.05) is 24.1 Å². The summed E-state index contributed by atoms with van der Waals surface area (Å²) in [4.78, 5) is 27.8. The van der Waals surface area contributed by atoms with Crippen molar-refractivity contribution in [1.82, 2.24) is 9.62 Å². The molecule has 2 heterocycles. The molecule has 3 aromatic rings. The maximum absolute atomic E-state index is 14.4. The normalized spacial score (nSPS) is 17.8. The molecule has 0 spiro atoms. The fourth-order valence-electron chi connectivity index (χ4n) is 4.97. The molecule has 1 saturated heterocycles. The van der Waals surface area contributed by atoms with E-state index in [0.29, 0.717) is 36.4 Å². The Morgan fingerprint density at radius 1 is 1.09 bits per heavy atom. The van der Waals surface area contributed by atoms with Crippen LogP contribution in [0.2, 0.25) is 0 Å². The fraction of sp³-hybridized carbons (Fsp3) is 0.375. The lowest BCUT2D eigenvalue weighted by atomic mass is 10.0. The number of nitrogens with zero attached hydrogens (tertiary/aromatic N) is 2. The molecule has 0 saturated carbocycles. The topological polar surface area (TPSA) is 101 Å². The van der Waals surface area contributed by atoms with Gasteiger partial charge >= 0.3 is 6.09 Å². The molecule has 4 unspecified atom stereocenters. The molecular weight excluding hydrogens is 592 g/mol. The van der Waals surface area contributed by atoms with E-state index >= 15 is 0 Å². The van der Waals surface area contributed by atoms with Crippen molar-refractivity contribution >= 4 is 29.6 Å². The van der Waals surface area contributed by atoms with Crippen LogP contribution in [-0.2, 0) is 16.0 Å². The molecule has 4 atom stereocenters. The summed E-state index contributed by atoms with van der Waals surface area (Å²) in [6.07, 6.45) is -1.92. The van der Waals surface area contributed by atoms with Gasteiger partial charge in [0.1, 0.15) is 11.6 Å². The largest absolute Gasteiger partial charge is 0.454 e. The van der Waals surface area contributed by atoms with Crippen LogP contribution in [0.4, 0.5) is 19.3 Å². The minimum absolute atomic E-state index is 0.173. The molecule has 3 aromatic carbocycles. The zero-order valence-electron chi connectivity index (χ0n) is 24.4. The Kier molecular flexibility index (Phi) is 10.2. The Morgan fingerprint density at radius 2 is 1.86 bits per heavy atom. The molecule has 12 heteroatoms. The number of aliphatic hydroxyl groups excluding tert-OH is 1. The van der Waals surface area contributed by atoms with E-state index in [4.69, 9.17) is 14.2 Å². The number of hydrogen-bond donors (Lipinski definition) is 2. The van der Waals surface area contributed by atoms with Crippen LogP contribution in [-0.4, -0.2) is 66.1 Å². The molecule has 2 N–H and O–H groups in total. The van der Waals surface area contributed by atoms with Gasteiger partial charge in [0.05, 0.1) is 24.4 Å². The minimum Gasteiger partial charge on any atom is -0.454 e. The Balaban J connectivity index is 1.31. The SMILES string of the molecule is CCC(C)CN(CC(O)C(Cc1ccccc1)NC(=O)C1CN(c2ccc(F)cc2F)C(=O)O1)Sc1ccc2c(c1)OCO2. The van der Waals surface area contributed by atoms with Gasteiger partial charge < -0.3 is 24.6 Å². The monoisotopic (exact) mass is 627 g/mol. The lowest BCUT2D eigenvalue weighted by Gasteiger charge is -2.31. The van der Waals surface area contributed by atoms with Gasteiger partial charge in [0.15, 0.2) is 17.6 Å². The van der Waals surface area contributed by atoms with Crippen molar-refractivity contribution in [1.29, 1.82) is 0 Å². The van der Waals surface area contributed by atoms with Crippen molar-refractivity contribution in [3.05, 3.63) is 83.9 Å². The molecule has 0 bridgehead atoms. The molecule has 0 radical (unpaired) electrons. The number of carbonyl (C=O) groups is 2. The third-order valence-electron chi connectivity index (χ3n) is 7.58. The van der Waals surface area contributed by atoms with E-state index in [1.165, 1.54) is 11.9 Å². The number of aliphatic hydroxyl groups is 1. The van der Waals surface area contributed by atoms with Crippen LogP contribution >= 0.6 is 11.9 Å². The summed E-state index contributed by atoms with van der Waals surface area (Å²) >= 11 is 1.48. The molecule has 2 aliphatic heterocycles. The summed E-state index contributed by atoms with van der Waals surface area (Å²) in [5.41, 5.74) is 0.709. The smallest absolute Gasteiger partial charge is 0.415 e. The number of nitrogens with one attached hydrogen (secondary N) is 1. The van der Waals surface area contributed by atoms with Crippen LogP contribution < -0.4 is 19.7 Å². The third-order valence-corrected chi connectivity index (χ3v) is 8.60. The Bertz CT molecular complexity index is 1470. The van der Waals surface area contributed by atoms with Gasteiger partial charge in [0.25, 0.3) is 5.91 Å². The highest BCUT2D eigenvalue weighted by molar-refractivity contribution is 7.97. The predicted molar refractivity (Wildman–Crippen MR) is 162 cm³/mol. The van der Waals surface area contributed by atoms with Crippen LogP contribution in [0.3, 0.4) is 0 Å². The minimum atomic E-state index is -1.25. The number of cyclic esters (lactones) is 1. The van der Waals surface area contributed by atoms with E-state index < -0.39 is 41.9 Å². The first-order valence-corrected chi connectivity index (χ1v) is 15.3. The van der Waals surface area contributed by atoms with Crippen LogP contribution in [0.5, 0.6) is 11.5 Å². The predicted octanol–water partition coefficient (Wildman–Crippen LogP) is 5.16. The highest BCUT2D eigenvalue weighted by Gasteiger charge is 2.39. The molecular formula is C32H35F2N3O6S. The van der Waals surface area contributed by atoms with Crippen LogP contribution in [0.25, 0.3) is 0 Å². The second-order valence-corrected chi connectivity index (χ2v) is 12.1. The average Bonchev–Trinajstić information content (AvgIpc) is 3.63. The first-order chi connectivity index (χ1) is 21.2. The highest BCUT2D eigenvalue weighted by atomic mass is 32.2. The first-order valence-electron chi connectivity index (χ1n) is 14.5. The maximum Gasteiger partial charge on any atom is 0.415 e.